The minimum absolute atomic E-state index is 0.146. The van der Waals surface area contributed by atoms with E-state index in [1.165, 1.54) is 24.3 Å². The molecule has 2 rings (SSSR count). The molecule has 0 aliphatic rings. The minimum atomic E-state index is -4.42. The monoisotopic (exact) mass is 514 g/mol. The lowest BCUT2D eigenvalue weighted by molar-refractivity contribution is -0.143. The van der Waals surface area contributed by atoms with E-state index in [0.29, 0.717) is 0 Å². The number of rotatable bonds is 5. The standard InChI is InChI=1S/C11H10BrF3O2.C9H7F3O2/c1-2-17-10(16)9(12)7-4-3-5-8(6-7)11(13,14)15;10-9(11,12)7-3-1-2-6(4-7)5-8(13)14/h3-6,9H,2H2,1H3;1-4H,5H2,(H,13,14). The van der Waals surface area contributed by atoms with Crippen molar-refractivity contribution in [3.05, 3.63) is 70.8 Å². The number of carbonyl (C=O) groups is 2. The maximum absolute atomic E-state index is 12.4. The number of halogens is 7. The SMILES string of the molecule is CCOC(=O)C(Br)c1cccc(C(F)(F)F)c1.O=C(O)Cc1cccc(C(F)(F)F)c1. The van der Waals surface area contributed by atoms with Crippen molar-refractivity contribution in [3.8, 4) is 0 Å². The van der Waals surface area contributed by atoms with E-state index in [9.17, 15) is 35.9 Å². The molecule has 0 aliphatic carbocycles. The molecular formula is C20H17BrF6O4. The summed E-state index contributed by atoms with van der Waals surface area (Å²) in [4.78, 5) is 20.7. The molecule has 0 heterocycles. The number of benzene rings is 2. The van der Waals surface area contributed by atoms with E-state index in [2.05, 4.69) is 15.9 Å². The van der Waals surface area contributed by atoms with Crippen LogP contribution in [-0.2, 0) is 33.1 Å². The summed E-state index contributed by atoms with van der Waals surface area (Å²) in [5, 5.41) is 8.38. The first kappa shape index (κ1) is 26.5. The Bertz CT molecular complexity index is 896. The van der Waals surface area contributed by atoms with Gasteiger partial charge in [-0.2, -0.15) is 26.3 Å². The number of carboxylic acid groups (broad SMARTS) is 1. The van der Waals surface area contributed by atoms with E-state index < -0.39 is 46.7 Å². The highest BCUT2D eigenvalue weighted by atomic mass is 79.9. The molecule has 0 aliphatic heterocycles. The first-order valence-corrected chi connectivity index (χ1v) is 9.53. The number of alkyl halides is 7. The van der Waals surface area contributed by atoms with Gasteiger partial charge in [-0.3, -0.25) is 9.59 Å². The van der Waals surface area contributed by atoms with Gasteiger partial charge in [0.2, 0.25) is 0 Å². The second-order valence-electron chi connectivity index (χ2n) is 6.01. The zero-order chi connectivity index (χ0) is 23.8. The van der Waals surface area contributed by atoms with Crippen LogP contribution >= 0.6 is 15.9 Å². The third-order valence-electron chi connectivity index (χ3n) is 3.61. The zero-order valence-electron chi connectivity index (χ0n) is 15.9. The molecule has 0 amide bonds. The van der Waals surface area contributed by atoms with Gasteiger partial charge in [0.05, 0.1) is 24.2 Å². The Morgan fingerprint density at radius 3 is 1.97 bits per heavy atom. The van der Waals surface area contributed by atoms with Crippen LogP contribution in [0.1, 0.15) is 34.0 Å². The van der Waals surface area contributed by atoms with Gasteiger partial charge in [-0.1, -0.05) is 52.3 Å². The maximum atomic E-state index is 12.4. The van der Waals surface area contributed by atoms with Crippen LogP contribution in [0.5, 0.6) is 0 Å². The number of esters is 1. The van der Waals surface area contributed by atoms with Crippen LogP contribution in [-0.4, -0.2) is 23.7 Å². The average molecular weight is 515 g/mol. The van der Waals surface area contributed by atoms with E-state index in [-0.39, 0.29) is 17.7 Å². The number of hydrogen-bond acceptors (Lipinski definition) is 3. The summed E-state index contributed by atoms with van der Waals surface area (Å²) in [7, 11) is 0. The Kier molecular flexibility index (Phi) is 9.54. The van der Waals surface area contributed by atoms with E-state index in [4.69, 9.17) is 9.84 Å². The summed E-state index contributed by atoms with van der Waals surface area (Å²) in [5.74, 6) is -1.75. The third kappa shape index (κ3) is 8.99. The lowest BCUT2D eigenvalue weighted by atomic mass is 10.1. The summed E-state index contributed by atoms with van der Waals surface area (Å²) in [6, 6.07) is 8.87. The summed E-state index contributed by atoms with van der Waals surface area (Å²) in [6.45, 7) is 1.81. The molecule has 31 heavy (non-hydrogen) atoms. The number of carboxylic acids is 1. The fourth-order valence-corrected chi connectivity index (χ4v) is 2.67. The molecule has 1 atom stereocenters. The van der Waals surface area contributed by atoms with Crippen molar-refractivity contribution < 1.29 is 45.8 Å². The van der Waals surface area contributed by atoms with E-state index in [1.807, 2.05) is 0 Å². The summed E-state index contributed by atoms with van der Waals surface area (Å²) < 4.78 is 78.5. The van der Waals surface area contributed by atoms with E-state index in [1.54, 1.807) is 6.92 Å². The van der Waals surface area contributed by atoms with Crippen molar-refractivity contribution in [2.24, 2.45) is 0 Å². The maximum Gasteiger partial charge on any atom is 0.416 e. The van der Waals surface area contributed by atoms with Crippen LogP contribution in [0.3, 0.4) is 0 Å². The van der Waals surface area contributed by atoms with Gasteiger partial charge in [-0.25, -0.2) is 0 Å². The molecule has 1 N–H and O–H groups in total. The van der Waals surface area contributed by atoms with Gasteiger partial charge in [0.15, 0.2) is 0 Å². The lowest BCUT2D eigenvalue weighted by Crippen LogP contribution is -2.12. The fourth-order valence-electron chi connectivity index (χ4n) is 2.26. The lowest BCUT2D eigenvalue weighted by Gasteiger charge is -2.12. The molecule has 0 saturated carbocycles. The zero-order valence-corrected chi connectivity index (χ0v) is 17.5. The van der Waals surface area contributed by atoms with Crippen molar-refractivity contribution >= 4 is 27.9 Å². The number of aliphatic carboxylic acids is 1. The van der Waals surface area contributed by atoms with Crippen LogP contribution in [0.4, 0.5) is 26.3 Å². The summed E-state index contributed by atoms with van der Waals surface area (Å²) in [5.41, 5.74) is -1.24. The molecule has 1 unspecified atom stereocenters. The molecule has 0 radical (unpaired) electrons. The molecule has 0 aromatic heterocycles. The molecule has 2 aromatic carbocycles. The predicted octanol–water partition coefficient (Wildman–Crippen LogP) is 6.04. The van der Waals surface area contributed by atoms with Crippen molar-refractivity contribution in [3.63, 3.8) is 0 Å². The second-order valence-corrected chi connectivity index (χ2v) is 6.92. The van der Waals surface area contributed by atoms with E-state index in [0.717, 1.165) is 24.3 Å². The third-order valence-corrected chi connectivity index (χ3v) is 4.51. The largest absolute Gasteiger partial charge is 0.481 e. The molecular weight excluding hydrogens is 498 g/mol. The van der Waals surface area contributed by atoms with Crippen LogP contribution in [0.25, 0.3) is 0 Å². The molecule has 4 nitrogen and oxygen atoms in total. The quantitative estimate of drug-likeness (QED) is 0.300. The van der Waals surface area contributed by atoms with Crippen molar-refractivity contribution in [2.75, 3.05) is 6.61 Å². The highest BCUT2D eigenvalue weighted by Crippen LogP contribution is 2.33. The Balaban J connectivity index is 0.000000316. The molecule has 0 spiro atoms. The van der Waals surface area contributed by atoms with Crippen LogP contribution in [0.15, 0.2) is 48.5 Å². The Morgan fingerprint density at radius 1 is 0.968 bits per heavy atom. The molecule has 0 fully saturated rings. The minimum Gasteiger partial charge on any atom is -0.481 e. The van der Waals surface area contributed by atoms with Gasteiger partial charge in [0.1, 0.15) is 4.83 Å². The number of carbonyl (C=O) groups excluding carboxylic acids is 1. The fraction of sp³-hybridized carbons (Fsp3) is 0.300. The van der Waals surface area contributed by atoms with Gasteiger partial charge in [-0.15, -0.1) is 0 Å². The highest BCUT2D eigenvalue weighted by molar-refractivity contribution is 9.09. The van der Waals surface area contributed by atoms with Crippen molar-refractivity contribution in [1.82, 2.24) is 0 Å². The number of hydrogen-bond donors (Lipinski definition) is 1. The highest BCUT2D eigenvalue weighted by Gasteiger charge is 2.32. The first-order chi connectivity index (χ1) is 14.3. The molecule has 0 saturated heterocycles. The first-order valence-electron chi connectivity index (χ1n) is 8.61. The Morgan fingerprint density at radius 2 is 1.48 bits per heavy atom. The predicted molar refractivity (Wildman–Crippen MR) is 103 cm³/mol. The smallest absolute Gasteiger partial charge is 0.416 e. The normalized spacial score (nSPS) is 12.4. The van der Waals surface area contributed by atoms with Gasteiger partial charge < -0.3 is 9.84 Å². The van der Waals surface area contributed by atoms with Crippen LogP contribution in [0.2, 0.25) is 0 Å². The van der Waals surface area contributed by atoms with Crippen LogP contribution < -0.4 is 0 Å². The van der Waals surface area contributed by atoms with Gasteiger partial charge in [0, 0.05) is 0 Å². The average Bonchev–Trinajstić information content (AvgIpc) is 2.66. The van der Waals surface area contributed by atoms with Crippen molar-refractivity contribution in [1.29, 1.82) is 0 Å². The van der Waals surface area contributed by atoms with Gasteiger partial charge in [0.25, 0.3) is 0 Å². The molecule has 11 heteroatoms. The molecule has 2 aromatic rings. The second kappa shape index (κ2) is 11.2. The Hall–Kier alpha value is -2.56. The Labute approximate surface area is 182 Å². The van der Waals surface area contributed by atoms with Crippen molar-refractivity contribution in [2.45, 2.75) is 30.5 Å². The van der Waals surface area contributed by atoms with Gasteiger partial charge >= 0.3 is 24.3 Å². The molecule has 170 valence electrons. The van der Waals surface area contributed by atoms with Gasteiger partial charge in [-0.05, 0) is 30.2 Å². The molecule has 0 bridgehead atoms. The summed E-state index contributed by atoms with van der Waals surface area (Å²) >= 11 is 3.01. The topological polar surface area (TPSA) is 63.6 Å². The number of ether oxygens (including phenoxy) is 1. The van der Waals surface area contributed by atoms with Crippen LogP contribution in [0, 0.1) is 0 Å². The summed E-state index contributed by atoms with van der Waals surface area (Å²) in [6.07, 6.45) is -9.24. The van der Waals surface area contributed by atoms with E-state index >= 15 is 0 Å².